The molecular formula is C20H28O4Si. The van der Waals surface area contributed by atoms with Crippen LogP contribution in [0.3, 0.4) is 0 Å². The first-order valence-electron chi connectivity index (χ1n) is 8.91. The Morgan fingerprint density at radius 3 is 2.48 bits per heavy atom. The molecule has 4 nitrogen and oxygen atoms in total. The van der Waals surface area contributed by atoms with Crippen LogP contribution in [0.2, 0.25) is 18.1 Å². The van der Waals surface area contributed by atoms with Gasteiger partial charge in [-0.3, -0.25) is 4.79 Å². The van der Waals surface area contributed by atoms with Crippen molar-refractivity contribution in [3.8, 4) is 0 Å². The lowest BCUT2D eigenvalue weighted by atomic mass is 9.89. The maximum atomic E-state index is 12.6. The highest BCUT2D eigenvalue weighted by atomic mass is 28.4. The average Bonchev–Trinajstić information content (AvgIpc) is 2.57. The van der Waals surface area contributed by atoms with Gasteiger partial charge in [-0.25, -0.2) is 0 Å². The van der Waals surface area contributed by atoms with Crippen molar-refractivity contribution >= 4 is 14.1 Å². The van der Waals surface area contributed by atoms with Gasteiger partial charge in [-0.05, 0) is 24.2 Å². The summed E-state index contributed by atoms with van der Waals surface area (Å²) in [5.41, 5.74) is 0.967. The van der Waals surface area contributed by atoms with E-state index in [0.717, 1.165) is 5.56 Å². The molecule has 0 spiro atoms. The predicted octanol–water partition coefficient (Wildman–Crippen LogP) is 4.25. The number of carbonyl (C=O) groups excluding carboxylic acids is 1. The topological polar surface area (TPSA) is 44.8 Å². The van der Waals surface area contributed by atoms with Gasteiger partial charge >= 0.3 is 0 Å². The Hall–Kier alpha value is -1.27. The van der Waals surface area contributed by atoms with Crippen LogP contribution >= 0.6 is 0 Å². The van der Waals surface area contributed by atoms with Crippen molar-refractivity contribution in [1.29, 1.82) is 0 Å². The average molecular weight is 361 g/mol. The summed E-state index contributed by atoms with van der Waals surface area (Å²) in [4.78, 5) is 12.6. The van der Waals surface area contributed by atoms with Crippen LogP contribution in [0.4, 0.5) is 0 Å². The van der Waals surface area contributed by atoms with E-state index in [4.69, 9.17) is 13.9 Å². The van der Waals surface area contributed by atoms with E-state index >= 15 is 0 Å². The molecule has 3 rings (SSSR count). The predicted molar refractivity (Wildman–Crippen MR) is 99.7 cm³/mol. The summed E-state index contributed by atoms with van der Waals surface area (Å²) in [5, 5.41) is 0.0357. The number of fused-ring (bicyclic) bond motifs is 1. The summed E-state index contributed by atoms with van der Waals surface area (Å²) < 4.78 is 18.6. The van der Waals surface area contributed by atoms with Crippen LogP contribution in [0.1, 0.15) is 32.6 Å². The summed E-state index contributed by atoms with van der Waals surface area (Å²) >= 11 is 0. The Morgan fingerprint density at radius 2 is 1.84 bits per heavy atom. The minimum Gasteiger partial charge on any atom is -0.404 e. The van der Waals surface area contributed by atoms with Gasteiger partial charge in [-0.2, -0.15) is 0 Å². The van der Waals surface area contributed by atoms with E-state index in [9.17, 15) is 4.79 Å². The molecule has 5 heteroatoms. The molecule has 1 aliphatic carbocycles. The molecule has 1 aromatic carbocycles. The fourth-order valence-corrected chi connectivity index (χ4v) is 4.16. The Balaban J connectivity index is 1.83. The van der Waals surface area contributed by atoms with E-state index in [2.05, 4.69) is 33.9 Å². The van der Waals surface area contributed by atoms with Gasteiger partial charge in [0, 0.05) is 11.5 Å². The molecule has 0 N–H and O–H groups in total. The summed E-state index contributed by atoms with van der Waals surface area (Å²) in [6.07, 6.45) is 2.23. The third-order valence-corrected chi connectivity index (χ3v) is 9.98. The van der Waals surface area contributed by atoms with Gasteiger partial charge in [-0.1, -0.05) is 57.2 Å². The molecule has 0 aromatic heterocycles. The molecule has 0 bridgehead atoms. The lowest BCUT2D eigenvalue weighted by Crippen LogP contribution is -2.55. The van der Waals surface area contributed by atoms with Crippen molar-refractivity contribution in [1.82, 2.24) is 0 Å². The largest absolute Gasteiger partial charge is 0.404 e. The van der Waals surface area contributed by atoms with E-state index in [-0.39, 0.29) is 22.8 Å². The standard InChI is InChI=1S/C20H28O4Si/c1-20(2,3)25(4,5)24-18-16(21)12-11-15-13-22-19(23-17(15)18)14-9-7-6-8-10-14/h6-12,15,17-19H,13H2,1-5H3/t15-,17-,18-,19?/m1/s1. The molecule has 1 unspecified atom stereocenters. The highest BCUT2D eigenvalue weighted by molar-refractivity contribution is 6.74. The molecule has 1 aromatic rings. The molecule has 1 saturated heterocycles. The van der Waals surface area contributed by atoms with Gasteiger partial charge in [0.1, 0.15) is 12.2 Å². The molecule has 4 atom stereocenters. The lowest BCUT2D eigenvalue weighted by Gasteiger charge is -2.45. The van der Waals surface area contributed by atoms with Crippen molar-refractivity contribution < 1.29 is 18.7 Å². The molecule has 0 radical (unpaired) electrons. The molecule has 0 amide bonds. The van der Waals surface area contributed by atoms with E-state index < -0.39 is 20.7 Å². The van der Waals surface area contributed by atoms with Crippen LogP contribution in [0.15, 0.2) is 42.5 Å². The number of rotatable bonds is 3. The molecule has 136 valence electrons. The van der Waals surface area contributed by atoms with Crippen molar-refractivity contribution in [3.63, 3.8) is 0 Å². The Bertz CT molecular complexity index is 647. The van der Waals surface area contributed by atoms with Gasteiger partial charge in [-0.15, -0.1) is 0 Å². The monoisotopic (exact) mass is 360 g/mol. The van der Waals surface area contributed by atoms with Crippen molar-refractivity contribution in [2.45, 2.75) is 57.4 Å². The highest BCUT2D eigenvalue weighted by Gasteiger charge is 2.47. The number of benzene rings is 1. The number of hydrogen-bond acceptors (Lipinski definition) is 4. The minimum absolute atomic E-state index is 0.000198. The Morgan fingerprint density at radius 1 is 1.16 bits per heavy atom. The summed E-state index contributed by atoms with van der Waals surface area (Å²) in [6.45, 7) is 11.4. The van der Waals surface area contributed by atoms with Crippen molar-refractivity contribution in [2.24, 2.45) is 5.92 Å². The van der Waals surface area contributed by atoms with Gasteiger partial charge in [0.15, 0.2) is 20.4 Å². The van der Waals surface area contributed by atoms with Crippen molar-refractivity contribution in [3.05, 3.63) is 48.0 Å². The fraction of sp³-hybridized carbons (Fsp3) is 0.550. The van der Waals surface area contributed by atoms with Crippen molar-refractivity contribution in [2.75, 3.05) is 6.61 Å². The summed E-state index contributed by atoms with van der Waals surface area (Å²) in [6, 6.07) is 9.85. The van der Waals surface area contributed by atoms with E-state index in [1.165, 1.54) is 0 Å². The molecule has 1 fully saturated rings. The highest BCUT2D eigenvalue weighted by Crippen LogP contribution is 2.41. The lowest BCUT2D eigenvalue weighted by molar-refractivity contribution is -0.250. The maximum absolute atomic E-state index is 12.6. The van der Waals surface area contributed by atoms with Crippen LogP contribution in [0, 0.1) is 5.92 Å². The third kappa shape index (κ3) is 3.79. The second-order valence-electron chi connectivity index (χ2n) is 8.40. The summed E-state index contributed by atoms with van der Waals surface area (Å²) in [5.74, 6) is 0.0483. The Kier molecular flexibility index (Phi) is 5.03. The van der Waals surface area contributed by atoms with E-state index in [1.54, 1.807) is 6.08 Å². The molecule has 1 heterocycles. The van der Waals surface area contributed by atoms with Gasteiger partial charge < -0.3 is 13.9 Å². The van der Waals surface area contributed by atoms with Gasteiger partial charge in [0.05, 0.1) is 6.61 Å². The first-order chi connectivity index (χ1) is 11.7. The van der Waals surface area contributed by atoms with Crippen LogP contribution < -0.4 is 0 Å². The van der Waals surface area contributed by atoms with E-state index in [1.807, 2.05) is 36.4 Å². The smallest absolute Gasteiger partial charge is 0.193 e. The summed E-state index contributed by atoms with van der Waals surface area (Å²) in [7, 11) is -2.09. The van der Waals surface area contributed by atoms with Crippen LogP contribution in [-0.2, 0) is 18.7 Å². The van der Waals surface area contributed by atoms with Crippen LogP contribution in [0.25, 0.3) is 0 Å². The maximum Gasteiger partial charge on any atom is 0.193 e. The van der Waals surface area contributed by atoms with Crippen LogP contribution in [-0.4, -0.2) is 32.9 Å². The first kappa shape index (κ1) is 18.5. The zero-order valence-electron chi connectivity index (χ0n) is 15.7. The minimum atomic E-state index is -2.09. The molecule has 0 saturated carbocycles. The zero-order valence-corrected chi connectivity index (χ0v) is 16.7. The SMILES string of the molecule is CC(C)(C)[Si](C)(C)O[C@@H]1C(=O)C=C[C@@H]2COC(c3ccccc3)O[C@H]21. The van der Waals surface area contributed by atoms with Gasteiger partial charge in [0.2, 0.25) is 0 Å². The number of carbonyl (C=O) groups is 1. The molecule has 1 aliphatic heterocycles. The third-order valence-electron chi connectivity index (χ3n) is 5.53. The fourth-order valence-electron chi connectivity index (χ4n) is 2.92. The second-order valence-corrected chi connectivity index (χ2v) is 13.2. The quantitative estimate of drug-likeness (QED) is 0.756. The number of ether oxygens (including phenoxy) is 2. The normalized spacial score (nSPS) is 30.2. The van der Waals surface area contributed by atoms with Crippen LogP contribution in [0.5, 0.6) is 0 Å². The zero-order chi connectivity index (χ0) is 18.2. The molecular weight excluding hydrogens is 332 g/mol. The van der Waals surface area contributed by atoms with E-state index in [0.29, 0.717) is 6.61 Å². The molecule has 25 heavy (non-hydrogen) atoms. The Labute approximate surface area is 151 Å². The number of ketones is 1. The van der Waals surface area contributed by atoms with Gasteiger partial charge in [0.25, 0.3) is 0 Å². The second kappa shape index (κ2) is 6.80. The first-order valence-corrected chi connectivity index (χ1v) is 11.8. The number of hydrogen-bond donors (Lipinski definition) is 0. The molecule has 2 aliphatic rings.